The van der Waals surface area contributed by atoms with Crippen molar-refractivity contribution in [3.8, 4) is 28.7 Å². The number of nitrogens with zero attached hydrogens (tertiary/aromatic N) is 1. The van der Waals surface area contributed by atoms with Gasteiger partial charge in [-0.05, 0) is 38.5 Å². The van der Waals surface area contributed by atoms with E-state index in [9.17, 15) is 14.9 Å². The maximum absolute atomic E-state index is 13.0. The Morgan fingerprint density at radius 2 is 1.59 bits per heavy atom. The van der Waals surface area contributed by atoms with Crippen molar-refractivity contribution in [2.45, 2.75) is 26.8 Å². The predicted octanol–water partition coefficient (Wildman–Crippen LogP) is 3.91. The standard InChI is InChI=1S/C22H28N2O8/c1-7-31-16-10-9-14(11-17(16)32-8-2)13(3)23-22(25)15-12-18(28-4)20(29-5)21(30-6)19(15)24(26)27/h9-13H,7-8H2,1-6H3,(H,23,25). The SMILES string of the molecule is CCOc1ccc(C(C)NC(=O)c2cc(OC)c(OC)c(OC)c2[N+](=O)[O-])cc1OCC. The van der Waals surface area contributed by atoms with Crippen molar-refractivity contribution in [3.05, 3.63) is 45.5 Å². The van der Waals surface area contributed by atoms with Gasteiger partial charge >= 0.3 is 5.69 Å². The monoisotopic (exact) mass is 448 g/mol. The molecule has 0 fully saturated rings. The molecule has 0 aromatic heterocycles. The van der Waals surface area contributed by atoms with Crippen LogP contribution in [0.3, 0.4) is 0 Å². The van der Waals surface area contributed by atoms with Gasteiger partial charge in [-0.1, -0.05) is 6.07 Å². The lowest BCUT2D eigenvalue weighted by Gasteiger charge is -2.19. The quantitative estimate of drug-likeness (QED) is 0.406. The molecule has 2 aromatic carbocycles. The molecule has 1 atom stereocenters. The summed E-state index contributed by atoms with van der Waals surface area (Å²) < 4.78 is 26.8. The molecule has 1 N–H and O–H groups in total. The summed E-state index contributed by atoms with van der Waals surface area (Å²) in [4.78, 5) is 24.1. The summed E-state index contributed by atoms with van der Waals surface area (Å²) in [6, 6.07) is 6.08. The van der Waals surface area contributed by atoms with Crippen LogP contribution >= 0.6 is 0 Å². The average molecular weight is 448 g/mol. The molecule has 0 heterocycles. The van der Waals surface area contributed by atoms with Crippen LogP contribution in [0.4, 0.5) is 5.69 Å². The number of hydrogen-bond donors (Lipinski definition) is 1. The molecule has 10 nitrogen and oxygen atoms in total. The maximum atomic E-state index is 13.0. The lowest BCUT2D eigenvalue weighted by atomic mass is 10.1. The van der Waals surface area contributed by atoms with E-state index in [-0.39, 0.29) is 22.8 Å². The molecule has 1 amide bonds. The fraction of sp³-hybridized carbons (Fsp3) is 0.409. The second kappa shape index (κ2) is 11.1. The topological polar surface area (TPSA) is 118 Å². The Balaban J connectivity index is 2.44. The fourth-order valence-corrected chi connectivity index (χ4v) is 3.19. The highest BCUT2D eigenvalue weighted by atomic mass is 16.6. The molecule has 0 aliphatic heterocycles. The highest BCUT2D eigenvalue weighted by Crippen LogP contribution is 2.46. The van der Waals surface area contributed by atoms with Crippen LogP contribution in [-0.2, 0) is 0 Å². The normalized spacial score (nSPS) is 11.3. The number of nitro benzene ring substituents is 1. The number of nitro groups is 1. The summed E-state index contributed by atoms with van der Waals surface area (Å²) in [6.45, 7) is 6.42. The van der Waals surface area contributed by atoms with Gasteiger partial charge in [-0.3, -0.25) is 14.9 Å². The van der Waals surface area contributed by atoms with E-state index in [1.54, 1.807) is 25.1 Å². The fourth-order valence-electron chi connectivity index (χ4n) is 3.19. The third-order valence-corrected chi connectivity index (χ3v) is 4.65. The van der Waals surface area contributed by atoms with Crippen LogP contribution < -0.4 is 29.0 Å². The molecule has 32 heavy (non-hydrogen) atoms. The Kier molecular flexibility index (Phi) is 8.51. The van der Waals surface area contributed by atoms with Crippen LogP contribution in [0.25, 0.3) is 0 Å². The predicted molar refractivity (Wildman–Crippen MR) is 117 cm³/mol. The number of carbonyl (C=O) groups excluding carboxylic acids is 1. The summed E-state index contributed by atoms with van der Waals surface area (Å²) in [5.74, 6) is 0.430. The number of methoxy groups -OCH3 is 3. The van der Waals surface area contributed by atoms with Gasteiger partial charge in [0.1, 0.15) is 5.56 Å². The molecule has 2 rings (SSSR count). The molecule has 0 bridgehead atoms. The molecule has 0 saturated carbocycles. The van der Waals surface area contributed by atoms with E-state index >= 15 is 0 Å². The smallest absolute Gasteiger partial charge is 0.327 e. The second-order valence-corrected chi connectivity index (χ2v) is 6.57. The Labute approximate surface area is 186 Å². The number of carbonyl (C=O) groups is 1. The summed E-state index contributed by atoms with van der Waals surface area (Å²) in [5, 5.41) is 14.5. The van der Waals surface area contributed by atoms with E-state index < -0.39 is 22.6 Å². The van der Waals surface area contributed by atoms with Crippen LogP contribution in [0.15, 0.2) is 24.3 Å². The Morgan fingerprint density at radius 3 is 2.12 bits per heavy atom. The Hall–Kier alpha value is -3.69. The number of ether oxygens (including phenoxy) is 5. The lowest BCUT2D eigenvalue weighted by molar-refractivity contribution is -0.386. The van der Waals surface area contributed by atoms with Gasteiger partial charge in [0.2, 0.25) is 11.5 Å². The van der Waals surface area contributed by atoms with Crippen molar-refractivity contribution >= 4 is 11.6 Å². The van der Waals surface area contributed by atoms with Gasteiger partial charge in [0.15, 0.2) is 17.2 Å². The van der Waals surface area contributed by atoms with E-state index in [0.29, 0.717) is 24.7 Å². The first-order valence-corrected chi connectivity index (χ1v) is 10.00. The van der Waals surface area contributed by atoms with Crippen molar-refractivity contribution in [2.24, 2.45) is 0 Å². The number of benzene rings is 2. The molecule has 2 aromatic rings. The van der Waals surface area contributed by atoms with Crippen molar-refractivity contribution in [2.75, 3.05) is 34.5 Å². The first-order chi connectivity index (χ1) is 15.3. The molecular weight excluding hydrogens is 420 g/mol. The highest BCUT2D eigenvalue weighted by Gasteiger charge is 2.33. The van der Waals surface area contributed by atoms with Crippen LogP contribution in [0.2, 0.25) is 0 Å². The van der Waals surface area contributed by atoms with Gasteiger partial charge in [-0.2, -0.15) is 0 Å². The molecular formula is C22H28N2O8. The van der Waals surface area contributed by atoms with E-state index in [1.165, 1.54) is 27.4 Å². The van der Waals surface area contributed by atoms with Gasteiger partial charge < -0.3 is 29.0 Å². The number of nitrogens with one attached hydrogen (secondary N) is 1. The average Bonchev–Trinajstić information content (AvgIpc) is 2.78. The number of hydrogen-bond acceptors (Lipinski definition) is 8. The van der Waals surface area contributed by atoms with Crippen LogP contribution in [0.1, 0.15) is 42.7 Å². The first kappa shape index (κ1) is 24.6. The molecule has 1 unspecified atom stereocenters. The molecule has 0 saturated heterocycles. The highest BCUT2D eigenvalue weighted by molar-refractivity contribution is 6.00. The Bertz CT molecular complexity index is 977. The minimum atomic E-state index is -0.690. The summed E-state index contributed by atoms with van der Waals surface area (Å²) >= 11 is 0. The summed E-state index contributed by atoms with van der Waals surface area (Å²) in [5.41, 5.74) is 0.00390. The van der Waals surface area contributed by atoms with Crippen molar-refractivity contribution in [1.82, 2.24) is 5.32 Å². The van der Waals surface area contributed by atoms with Gasteiger partial charge in [0, 0.05) is 6.07 Å². The van der Waals surface area contributed by atoms with E-state index in [2.05, 4.69) is 5.32 Å². The largest absolute Gasteiger partial charge is 0.493 e. The second-order valence-electron chi connectivity index (χ2n) is 6.57. The minimum absolute atomic E-state index is 0.0270. The van der Waals surface area contributed by atoms with Crippen LogP contribution in [0.5, 0.6) is 28.7 Å². The third-order valence-electron chi connectivity index (χ3n) is 4.65. The first-order valence-electron chi connectivity index (χ1n) is 10.00. The van der Waals surface area contributed by atoms with E-state index in [4.69, 9.17) is 23.7 Å². The van der Waals surface area contributed by atoms with E-state index in [1.807, 2.05) is 13.8 Å². The number of amides is 1. The minimum Gasteiger partial charge on any atom is -0.493 e. The summed E-state index contributed by atoms with van der Waals surface area (Å²) in [6.07, 6.45) is 0. The zero-order valence-corrected chi connectivity index (χ0v) is 19.0. The molecule has 0 aliphatic rings. The van der Waals surface area contributed by atoms with Gasteiger partial charge in [-0.25, -0.2) is 0 Å². The Morgan fingerprint density at radius 1 is 0.969 bits per heavy atom. The van der Waals surface area contributed by atoms with E-state index in [0.717, 1.165) is 5.56 Å². The van der Waals surface area contributed by atoms with Crippen molar-refractivity contribution in [1.29, 1.82) is 0 Å². The maximum Gasteiger partial charge on any atom is 0.327 e. The number of rotatable bonds is 11. The molecule has 0 radical (unpaired) electrons. The van der Waals surface area contributed by atoms with Crippen molar-refractivity contribution in [3.63, 3.8) is 0 Å². The van der Waals surface area contributed by atoms with Gasteiger partial charge in [0.25, 0.3) is 5.91 Å². The molecule has 0 spiro atoms. The molecule has 0 aliphatic carbocycles. The zero-order chi connectivity index (χ0) is 23.8. The molecule has 174 valence electrons. The lowest BCUT2D eigenvalue weighted by Crippen LogP contribution is -2.27. The molecule has 10 heteroatoms. The van der Waals surface area contributed by atoms with Gasteiger partial charge in [-0.15, -0.1) is 0 Å². The van der Waals surface area contributed by atoms with Crippen LogP contribution in [0, 0.1) is 10.1 Å². The van der Waals surface area contributed by atoms with Crippen molar-refractivity contribution < 1.29 is 33.4 Å². The zero-order valence-electron chi connectivity index (χ0n) is 19.0. The summed E-state index contributed by atoms with van der Waals surface area (Å²) in [7, 11) is 3.94. The van der Waals surface area contributed by atoms with Gasteiger partial charge in [0.05, 0.1) is 45.5 Å². The third kappa shape index (κ3) is 5.13. The van der Waals surface area contributed by atoms with Crippen LogP contribution in [-0.4, -0.2) is 45.4 Å².